The van der Waals surface area contributed by atoms with Crippen LogP contribution in [0.25, 0.3) is 5.69 Å². The van der Waals surface area contributed by atoms with Crippen LogP contribution in [0.5, 0.6) is 0 Å². The van der Waals surface area contributed by atoms with E-state index in [4.69, 9.17) is 9.47 Å². The summed E-state index contributed by atoms with van der Waals surface area (Å²) in [7, 11) is 2.68. The average Bonchev–Trinajstić information content (AvgIpc) is 3.28. The van der Waals surface area contributed by atoms with Crippen molar-refractivity contribution in [2.75, 3.05) is 20.8 Å². The minimum atomic E-state index is -0.775. The number of aryl methyl sites for hydroxylation is 1. The fourth-order valence-electron chi connectivity index (χ4n) is 4.09. The molecule has 0 aliphatic carbocycles. The minimum absolute atomic E-state index is 0.0733. The molecule has 0 unspecified atom stereocenters. The van der Waals surface area contributed by atoms with E-state index < -0.39 is 36.1 Å². The number of hydrogen-bond donors (Lipinski definition) is 0. The van der Waals surface area contributed by atoms with E-state index in [0.717, 1.165) is 16.3 Å². The van der Waals surface area contributed by atoms with E-state index in [1.54, 1.807) is 37.3 Å². The highest BCUT2D eigenvalue weighted by molar-refractivity contribution is 6.21. The van der Waals surface area contributed by atoms with Gasteiger partial charge < -0.3 is 14.0 Å². The molecule has 3 aromatic rings. The molecule has 9 heteroatoms. The number of amides is 2. The third kappa shape index (κ3) is 4.12. The van der Waals surface area contributed by atoms with Gasteiger partial charge in [0.25, 0.3) is 11.8 Å². The summed E-state index contributed by atoms with van der Waals surface area (Å²) in [5.74, 6) is -2.54. The summed E-state index contributed by atoms with van der Waals surface area (Å²) in [6.07, 6.45) is 0. The maximum Gasteiger partial charge on any atom is 0.338 e. The first-order valence-corrected chi connectivity index (χ1v) is 10.7. The number of methoxy groups -OCH3 is 1. The van der Waals surface area contributed by atoms with Gasteiger partial charge in [0.1, 0.15) is 0 Å². The molecule has 2 heterocycles. The molecule has 9 nitrogen and oxygen atoms in total. The number of esters is 2. The predicted molar refractivity (Wildman–Crippen MR) is 124 cm³/mol. The molecule has 0 N–H and O–H groups in total. The van der Waals surface area contributed by atoms with Crippen LogP contribution in [-0.4, -0.2) is 59.8 Å². The highest BCUT2D eigenvalue weighted by atomic mass is 16.5. The van der Waals surface area contributed by atoms with E-state index in [1.165, 1.54) is 32.4 Å². The van der Waals surface area contributed by atoms with Crippen molar-refractivity contribution >= 4 is 29.5 Å². The molecule has 4 rings (SSSR count). The van der Waals surface area contributed by atoms with Gasteiger partial charge in [0, 0.05) is 29.7 Å². The van der Waals surface area contributed by atoms with Crippen LogP contribution in [-0.2, 0) is 9.47 Å². The predicted octanol–water partition coefficient (Wildman–Crippen LogP) is 3.15. The van der Waals surface area contributed by atoms with E-state index in [-0.39, 0.29) is 16.7 Å². The van der Waals surface area contributed by atoms with Gasteiger partial charge in [-0.15, -0.1) is 0 Å². The Morgan fingerprint density at radius 3 is 2.11 bits per heavy atom. The molecule has 0 saturated carbocycles. The molecule has 0 spiro atoms. The molecular formula is C26H22N2O7. The topological polar surface area (TPSA) is 112 Å². The zero-order valence-corrected chi connectivity index (χ0v) is 19.6. The van der Waals surface area contributed by atoms with Crippen LogP contribution in [0.1, 0.15) is 63.2 Å². The molecule has 1 aliphatic rings. The molecule has 1 aliphatic heterocycles. The number of Topliss-reactive ketones (excluding diaryl/α,β-unsaturated/α-hetero) is 1. The van der Waals surface area contributed by atoms with Crippen molar-refractivity contribution in [1.29, 1.82) is 0 Å². The summed E-state index contributed by atoms with van der Waals surface area (Å²) in [4.78, 5) is 62.2. The van der Waals surface area contributed by atoms with Crippen molar-refractivity contribution in [3.63, 3.8) is 0 Å². The summed E-state index contributed by atoms with van der Waals surface area (Å²) in [6.45, 7) is 3.12. The Labute approximate surface area is 200 Å². The van der Waals surface area contributed by atoms with Crippen molar-refractivity contribution in [1.82, 2.24) is 9.47 Å². The Morgan fingerprint density at radius 1 is 0.829 bits per heavy atom. The Morgan fingerprint density at radius 2 is 1.46 bits per heavy atom. The lowest BCUT2D eigenvalue weighted by atomic mass is 10.1. The molecule has 1 aromatic heterocycles. The van der Waals surface area contributed by atoms with Crippen LogP contribution in [0.2, 0.25) is 0 Å². The summed E-state index contributed by atoms with van der Waals surface area (Å²) in [6, 6.07) is 12.6. The summed E-state index contributed by atoms with van der Waals surface area (Å²) in [5.41, 5.74) is 3.41. The Bertz CT molecular complexity index is 1400. The minimum Gasteiger partial charge on any atom is -0.465 e. The summed E-state index contributed by atoms with van der Waals surface area (Å²) < 4.78 is 11.8. The number of carbonyl (C=O) groups excluding carboxylic acids is 5. The normalized spacial score (nSPS) is 12.5. The first kappa shape index (κ1) is 23.6. The Hall–Kier alpha value is -4.53. The fourth-order valence-corrected chi connectivity index (χ4v) is 4.09. The lowest BCUT2D eigenvalue weighted by Gasteiger charge is -2.11. The Kier molecular flexibility index (Phi) is 6.09. The van der Waals surface area contributed by atoms with Gasteiger partial charge in [-0.3, -0.25) is 19.3 Å². The molecule has 178 valence electrons. The number of benzene rings is 2. The first-order valence-electron chi connectivity index (χ1n) is 10.7. The largest absolute Gasteiger partial charge is 0.465 e. The van der Waals surface area contributed by atoms with E-state index in [0.29, 0.717) is 16.8 Å². The third-order valence-corrected chi connectivity index (χ3v) is 5.94. The second-order valence-corrected chi connectivity index (χ2v) is 8.09. The van der Waals surface area contributed by atoms with Crippen LogP contribution in [0.15, 0.2) is 48.5 Å². The monoisotopic (exact) mass is 474 g/mol. The molecule has 2 aromatic carbocycles. The first-order chi connectivity index (χ1) is 16.6. The smallest absolute Gasteiger partial charge is 0.338 e. The number of nitrogens with zero attached hydrogens (tertiary/aromatic N) is 2. The van der Waals surface area contributed by atoms with Crippen LogP contribution >= 0.6 is 0 Å². The summed E-state index contributed by atoms with van der Waals surface area (Å²) in [5, 5.41) is 0. The maximum absolute atomic E-state index is 12.8. The number of hydrogen-bond acceptors (Lipinski definition) is 7. The lowest BCUT2D eigenvalue weighted by Crippen LogP contribution is -2.24. The number of fused-ring (bicyclic) bond motifs is 1. The van der Waals surface area contributed by atoms with E-state index >= 15 is 0 Å². The van der Waals surface area contributed by atoms with Crippen molar-refractivity contribution in [3.05, 3.63) is 87.7 Å². The van der Waals surface area contributed by atoms with Crippen molar-refractivity contribution in [3.8, 4) is 5.69 Å². The number of carbonyl (C=O) groups is 5. The van der Waals surface area contributed by atoms with Crippen LogP contribution in [0.3, 0.4) is 0 Å². The summed E-state index contributed by atoms with van der Waals surface area (Å²) >= 11 is 0. The number of aromatic nitrogens is 1. The van der Waals surface area contributed by atoms with Crippen molar-refractivity contribution in [2.24, 2.45) is 0 Å². The van der Waals surface area contributed by atoms with Gasteiger partial charge in [0.2, 0.25) is 5.78 Å². The standard InChI is InChI=1S/C26H22N2O7/c1-14-11-20(15(2)28(14)18-8-5-16(6-9-18)25(32)34-4)22(29)13-35-26(33)17-7-10-19-21(12-17)24(31)27(3)23(19)30/h5-12H,13H2,1-4H3. The molecule has 0 radical (unpaired) electrons. The molecule has 35 heavy (non-hydrogen) atoms. The van der Waals surface area contributed by atoms with Gasteiger partial charge >= 0.3 is 11.9 Å². The molecule has 0 saturated heterocycles. The van der Waals surface area contributed by atoms with Gasteiger partial charge in [-0.25, -0.2) is 9.59 Å². The van der Waals surface area contributed by atoms with Gasteiger partial charge in [-0.2, -0.15) is 0 Å². The lowest BCUT2D eigenvalue weighted by molar-refractivity contribution is 0.0474. The third-order valence-electron chi connectivity index (χ3n) is 5.94. The number of ketones is 1. The maximum atomic E-state index is 12.8. The van der Waals surface area contributed by atoms with E-state index in [1.807, 2.05) is 11.5 Å². The molecule has 2 amide bonds. The average molecular weight is 474 g/mol. The van der Waals surface area contributed by atoms with Crippen molar-refractivity contribution in [2.45, 2.75) is 13.8 Å². The number of rotatable bonds is 6. The van der Waals surface area contributed by atoms with E-state index in [9.17, 15) is 24.0 Å². The quantitative estimate of drug-likeness (QED) is 0.306. The molecule has 0 atom stereocenters. The highest BCUT2D eigenvalue weighted by Crippen LogP contribution is 2.24. The van der Waals surface area contributed by atoms with Crippen LogP contribution < -0.4 is 0 Å². The Balaban J connectivity index is 1.49. The SMILES string of the molecule is COC(=O)c1ccc(-n2c(C)cc(C(=O)COC(=O)c3ccc4c(c3)C(=O)N(C)C4=O)c2C)cc1. The van der Waals surface area contributed by atoms with Crippen LogP contribution in [0, 0.1) is 13.8 Å². The highest BCUT2D eigenvalue weighted by Gasteiger charge is 2.33. The zero-order chi connectivity index (χ0) is 25.4. The molecule has 0 fully saturated rings. The molecular weight excluding hydrogens is 452 g/mol. The zero-order valence-electron chi connectivity index (χ0n) is 19.6. The molecule has 0 bridgehead atoms. The van der Waals surface area contributed by atoms with Gasteiger partial charge in [0.05, 0.1) is 29.4 Å². The van der Waals surface area contributed by atoms with E-state index in [2.05, 4.69) is 0 Å². The van der Waals surface area contributed by atoms with Gasteiger partial charge in [-0.1, -0.05) is 0 Å². The second-order valence-electron chi connectivity index (χ2n) is 8.09. The van der Waals surface area contributed by atoms with Gasteiger partial charge in [-0.05, 0) is 62.4 Å². The van der Waals surface area contributed by atoms with Crippen molar-refractivity contribution < 1.29 is 33.4 Å². The second kappa shape index (κ2) is 9.02. The number of imide groups is 1. The fraction of sp³-hybridized carbons (Fsp3) is 0.192. The number of ether oxygens (including phenoxy) is 2. The van der Waals surface area contributed by atoms with Crippen LogP contribution in [0.4, 0.5) is 0 Å². The van der Waals surface area contributed by atoms with Gasteiger partial charge in [0.15, 0.2) is 6.61 Å².